The Hall–Kier alpha value is 0.332. The molecule has 0 aliphatic heterocycles. The Labute approximate surface area is 64.4 Å². The topological polar surface area (TPSA) is 130 Å². The van der Waals surface area contributed by atoms with Crippen LogP contribution in [-0.4, -0.2) is 56.7 Å². The Morgan fingerprint density at radius 3 is 1.33 bits per heavy atom. The van der Waals surface area contributed by atoms with Crippen molar-refractivity contribution in [3.05, 3.63) is 0 Å². The largest absolute Gasteiger partial charge is 3.00 e. The maximum Gasteiger partial charge on any atom is 3.00 e. The Morgan fingerprint density at radius 1 is 1.22 bits per heavy atom. The van der Waals surface area contributed by atoms with Gasteiger partial charge < -0.3 is 26.6 Å². The summed E-state index contributed by atoms with van der Waals surface area (Å²) in [6.45, 7) is 1.39. The van der Waals surface area contributed by atoms with E-state index < -0.39 is 6.10 Å². The van der Waals surface area contributed by atoms with E-state index in [1.165, 1.54) is 6.92 Å². The predicted octanol–water partition coefficient (Wildman–Crippen LogP) is -1.55. The van der Waals surface area contributed by atoms with Gasteiger partial charge in [0, 0.05) is 0 Å². The van der Waals surface area contributed by atoms with Crippen LogP contribution in [-0.2, 0) is 0 Å². The van der Waals surface area contributed by atoms with Gasteiger partial charge in [-0.15, -0.1) is 0 Å². The molecule has 56 valence electrons. The van der Waals surface area contributed by atoms with Crippen LogP contribution in [0, 0.1) is 0 Å². The third-order valence-electron chi connectivity index (χ3n) is 0.264. The van der Waals surface area contributed by atoms with Gasteiger partial charge in [-0.1, -0.05) is 0 Å². The average Bonchev–Trinajstić information content (AvgIpc) is 1.38. The molecule has 0 aromatic carbocycles. The second kappa shape index (κ2) is 23.9. The predicted molar refractivity (Wildman–Crippen MR) is 30.3 cm³/mol. The van der Waals surface area contributed by atoms with E-state index in [4.69, 9.17) is 10.2 Å². The summed E-state index contributed by atoms with van der Waals surface area (Å²) in [5.41, 5.74) is 0. The van der Waals surface area contributed by atoms with Gasteiger partial charge in [0.2, 0.25) is 0 Å². The third kappa shape index (κ3) is 61.4. The van der Waals surface area contributed by atoms with Crippen LogP contribution in [0.3, 0.4) is 0 Å². The van der Waals surface area contributed by atoms with Crippen LogP contribution >= 0.6 is 0 Å². The van der Waals surface area contributed by atoms with Crippen LogP contribution in [0.2, 0.25) is 0 Å². The third-order valence-corrected chi connectivity index (χ3v) is 0.264. The molecule has 0 aromatic heterocycles. The van der Waals surface area contributed by atoms with Gasteiger partial charge in [-0.05, 0) is 6.92 Å². The van der Waals surface area contributed by atoms with Crippen LogP contribution in [0.25, 0.3) is 0 Å². The first-order valence-corrected chi connectivity index (χ1v) is 1.56. The van der Waals surface area contributed by atoms with E-state index in [2.05, 4.69) is 0 Å². The van der Waals surface area contributed by atoms with Gasteiger partial charge in [0.25, 0.3) is 0 Å². The Morgan fingerprint density at radius 2 is 1.33 bits per heavy atom. The number of hydrogen-bond acceptors (Lipinski definition) is 5. The summed E-state index contributed by atoms with van der Waals surface area (Å²) in [7, 11) is 0. The molecular weight excluding hydrogens is 143 g/mol. The normalized spacial score (nSPS) is 8.33. The van der Waals surface area contributed by atoms with Crippen LogP contribution in [0.4, 0.5) is 0 Å². The monoisotopic (exact) mass is 154 g/mol. The van der Waals surface area contributed by atoms with Gasteiger partial charge >= 0.3 is 17.4 Å². The molecule has 0 aliphatic rings. The minimum absolute atomic E-state index is 0. The summed E-state index contributed by atoms with van der Waals surface area (Å²) in [4.78, 5) is 0. The second-order valence-corrected chi connectivity index (χ2v) is 1.03. The fraction of sp³-hybridized carbons (Fsp3) is 1.00. The number of aliphatic hydroxyl groups is 2. The van der Waals surface area contributed by atoms with Crippen molar-refractivity contribution in [3.8, 4) is 0 Å². The fourth-order valence-electron chi connectivity index (χ4n) is 0. The minimum Gasteiger partial charge on any atom is -0.870 e. The molecule has 0 heterocycles. The van der Waals surface area contributed by atoms with E-state index >= 15 is 0 Å². The average molecular weight is 154 g/mol. The number of hydrogen-bond donors (Lipinski definition) is 2. The first kappa shape index (κ1) is 34.5. The Bertz CT molecular complexity index is 26.2. The Balaban J connectivity index is -0.0000000133. The molecule has 0 bridgehead atoms. The molecule has 9 heavy (non-hydrogen) atoms. The van der Waals surface area contributed by atoms with Gasteiger partial charge in [-0.2, -0.15) is 0 Å². The zero-order valence-corrected chi connectivity index (χ0v) is 6.25. The molecule has 5 nitrogen and oxygen atoms in total. The first-order chi connectivity index (χ1) is 2.27. The molecule has 0 amide bonds. The minimum atomic E-state index is -0.560. The van der Waals surface area contributed by atoms with Crippen molar-refractivity contribution in [3.63, 3.8) is 0 Å². The maximum atomic E-state index is 8.11. The quantitative estimate of drug-likeness (QED) is 0.441. The maximum absolute atomic E-state index is 8.11. The van der Waals surface area contributed by atoms with Gasteiger partial charge in [0.1, 0.15) is 0 Å². The van der Waals surface area contributed by atoms with Crippen molar-refractivity contribution in [1.29, 1.82) is 0 Å². The summed E-state index contributed by atoms with van der Waals surface area (Å²) in [5, 5.41) is 16.0. The van der Waals surface area contributed by atoms with Gasteiger partial charge in [0.15, 0.2) is 0 Å². The zero-order chi connectivity index (χ0) is 4.28. The van der Waals surface area contributed by atoms with Gasteiger partial charge in [-0.25, -0.2) is 0 Å². The number of aliphatic hydroxyl groups excluding tert-OH is 2. The molecule has 0 saturated heterocycles. The van der Waals surface area contributed by atoms with Crippen LogP contribution in [0.1, 0.15) is 6.92 Å². The van der Waals surface area contributed by atoms with Crippen molar-refractivity contribution in [2.75, 3.05) is 6.61 Å². The summed E-state index contributed by atoms with van der Waals surface area (Å²) in [6, 6.07) is 0. The molecular formula is C3H11AlO5. The van der Waals surface area contributed by atoms with Crippen LogP contribution in [0.15, 0.2) is 0 Å². The van der Waals surface area contributed by atoms with Crippen LogP contribution < -0.4 is 0 Å². The standard InChI is InChI=1S/C3H8O2.Al.3H2O/c1-3(5)2-4;;;;/h3-5H,2H2,1H3;;3*1H2/q;+3;;;/p-3. The van der Waals surface area contributed by atoms with Crippen molar-refractivity contribution in [1.82, 2.24) is 0 Å². The van der Waals surface area contributed by atoms with Crippen molar-refractivity contribution < 1.29 is 26.6 Å². The second-order valence-electron chi connectivity index (χ2n) is 1.03. The van der Waals surface area contributed by atoms with Crippen molar-refractivity contribution >= 4 is 17.4 Å². The molecule has 1 unspecified atom stereocenters. The van der Waals surface area contributed by atoms with Crippen molar-refractivity contribution in [2.45, 2.75) is 13.0 Å². The van der Waals surface area contributed by atoms with Crippen LogP contribution in [0.5, 0.6) is 0 Å². The first-order valence-electron chi connectivity index (χ1n) is 1.56. The Kier molecular flexibility index (Phi) is 91.5. The molecule has 6 heteroatoms. The van der Waals surface area contributed by atoms with Gasteiger partial charge in [-0.3, -0.25) is 0 Å². The van der Waals surface area contributed by atoms with E-state index in [1.807, 2.05) is 0 Å². The molecule has 5 N–H and O–H groups in total. The van der Waals surface area contributed by atoms with E-state index in [0.717, 1.165) is 0 Å². The molecule has 0 fully saturated rings. The molecule has 1 atom stereocenters. The summed E-state index contributed by atoms with van der Waals surface area (Å²) in [5.74, 6) is 0. The van der Waals surface area contributed by atoms with Crippen molar-refractivity contribution in [2.24, 2.45) is 0 Å². The number of rotatable bonds is 1. The molecule has 0 aliphatic carbocycles. The molecule has 0 rings (SSSR count). The molecule has 0 aromatic rings. The van der Waals surface area contributed by atoms with E-state index in [1.54, 1.807) is 0 Å². The van der Waals surface area contributed by atoms with E-state index in [9.17, 15) is 0 Å². The molecule has 0 saturated carbocycles. The molecule has 0 radical (unpaired) electrons. The van der Waals surface area contributed by atoms with E-state index in [0.29, 0.717) is 0 Å². The van der Waals surface area contributed by atoms with E-state index in [-0.39, 0.29) is 40.4 Å². The summed E-state index contributed by atoms with van der Waals surface area (Å²) >= 11 is 0. The summed E-state index contributed by atoms with van der Waals surface area (Å²) < 4.78 is 0. The smallest absolute Gasteiger partial charge is 0.870 e. The fourth-order valence-corrected chi connectivity index (χ4v) is 0. The SMILES string of the molecule is CC(O)CO.[Al+3].[OH-].[OH-].[OH-]. The summed E-state index contributed by atoms with van der Waals surface area (Å²) in [6.07, 6.45) is -0.560. The molecule has 0 spiro atoms. The van der Waals surface area contributed by atoms with Gasteiger partial charge in [0.05, 0.1) is 12.7 Å². The zero-order valence-electron chi connectivity index (χ0n) is 5.10.